The van der Waals surface area contributed by atoms with E-state index in [0.29, 0.717) is 160 Å². The van der Waals surface area contributed by atoms with Crippen LogP contribution < -0.4 is 21.3 Å². The number of carboxylic acids is 2. The molecule has 12 amide bonds. The third-order valence-electron chi connectivity index (χ3n) is 17.4. The van der Waals surface area contributed by atoms with Crippen LogP contribution in [0.2, 0.25) is 0 Å². The average Bonchev–Trinajstić information content (AvgIpc) is 1.82. The van der Waals surface area contributed by atoms with Gasteiger partial charge in [0.1, 0.15) is 26.4 Å². The van der Waals surface area contributed by atoms with Crippen molar-refractivity contribution >= 4 is 119 Å². The molecule has 0 atom stereocenters. The summed E-state index contributed by atoms with van der Waals surface area (Å²) >= 11 is 0. The highest BCUT2D eigenvalue weighted by atomic mass is 16.6. The van der Waals surface area contributed by atoms with Crippen molar-refractivity contribution in [3.8, 4) is 0 Å². The van der Waals surface area contributed by atoms with Crippen LogP contribution in [0.25, 0.3) is 0 Å². The zero-order valence-electron chi connectivity index (χ0n) is 69.0. The number of ether oxygens (including phenoxy) is 6. The number of carbonyl (C=O) groups excluding carboxylic acids is 18. The maximum Gasteiger partial charge on any atom is 0.333 e. The molecule has 8 aliphatic rings. The van der Waals surface area contributed by atoms with Gasteiger partial charge in [0.05, 0.1) is 40.4 Å². The summed E-state index contributed by atoms with van der Waals surface area (Å²) in [6.45, 7) is 29.4. The number of hydrogen-bond acceptors (Lipinski definition) is 26. The Morgan fingerprint density at radius 3 is 0.767 bits per heavy atom. The molecule has 8 rings (SSSR count). The van der Waals surface area contributed by atoms with E-state index in [1.807, 2.05) is 0 Å². The molecule has 6 N–H and O–H groups in total. The zero-order chi connectivity index (χ0) is 89.7. The van der Waals surface area contributed by atoms with E-state index in [2.05, 4.69) is 57.1 Å². The van der Waals surface area contributed by atoms with E-state index in [1.54, 1.807) is 53.0 Å². The quantitative estimate of drug-likeness (QED) is 0.0256. The van der Waals surface area contributed by atoms with Crippen LogP contribution in [0.4, 0.5) is 0 Å². The summed E-state index contributed by atoms with van der Waals surface area (Å²) in [5.74, 6) is -5.82. The lowest BCUT2D eigenvalue weighted by molar-refractivity contribution is -0.141. The lowest BCUT2D eigenvalue weighted by Gasteiger charge is -2.15. The molecule has 0 radical (unpaired) electrons. The Hall–Kier alpha value is -12.7. The van der Waals surface area contributed by atoms with Crippen molar-refractivity contribution in [3.63, 3.8) is 0 Å². The standard InChI is InChI=1S/C11H16N2O4.C11H15NO5.C10H14N2O4.C10H16N2O2.C10H13NO5.C10H15NO3.C9H14N2O2.C9H13NO3.9CH4/c1-17-11(16)5-4-9(14)12-6-8-13-7-2-3-10(13)15;1-16-10(14)4-5-11(15)17-8-7-12-6-2-3-9(12)13;13-8(3-4-10(15)16)11-5-7-12-6-1-2-9(12)14;1-8(2)10(14)11-5-7-12-6-3-4-9(12)13;12-8-2-1-5-11(8)6-7-16-10(15)4-3-9(13)14;1-8(2)10(13)14-7-6-11-5-3-4-9(11)12;1-2-8(12)10-5-7-11-6-3-4-9(11)13;1-2-9(12)13-7-6-10-5-3-4-8(10)11;;;;;;;;;/h4-5H,2-3,6-8H2,1H3,(H,12,14);4-5H,2-3,6-8H2,1H3;3-4H,1-2,5-7H2,(H,11,13)(H,15,16);1,3-7H2,2H3,(H,11,14);3-4H,1-2,5-7H2,(H,13,14);1,3-7H2,2H3;2H,1,3-7H2,(H,10,12);2H,1,3-7H2;9*1H4. The minimum atomic E-state index is -1.20. The summed E-state index contributed by atoms with van der Waals surface area (Å²) in [5.41, 5.74) is 0.885. The van der Waals surface area contributed by atoms with E-state index in [-0.39, 0.29) is 158 Å². The van der Waals surface area contributed by atoms with E-state index < -0.39 is 53.7 Å². The first-order valence-electron chi connectivity index (χ1n) is 39.1. The summed E-state index contributed by atoms with van der Waals surface area (Å²) in [5, 5.41) is 26.9. The molecule has 736 valence electrons. The van der Waals surface area contributed by atoms with Crippen molar-refractivity contribution in [2.45, 2.75) is 183 Å². The van der Waals surface area contributed by atoms with Crippen molar-refractivity contribution in [1.29, 1.82) is 0 Å². The minimum Gasteiger partial charge on any atom is -0.478 e. The van der Waals surface area contributed by atoms with Crippen molar-refractivity contribution < 1.29 is 135 Å². The molecule has 0 unspecified atom stereocenters. The number of amides is 12. The number of nitrogens with zero attached hydrogens (tertiary/aromatic N) is 8. The molecule has 40 heteroatoms. The van der Waals surface area contributed by atoms with E-state index in [4.69, 9.17) is 29.2 Å². The Morgan fingerprint density at radius 1 is 0.302 bits per heavy atom. The summed E-state index contributed by atoms with van der Waals surface area (Å²) in [7, 11) is 2.46. The summed E-state index contributed by atoms with van der Waals surface area (Å²) < 4.78 is 27.8. The number of nitrogens with one attached hydrogen (secondary N) is 4. The molecule has 129 heavy (non-hydrogen) atoms. The van der Waals surface area contributed by atoms with Gasteiger partial charge in [0.25, 0.3) is 0 Å². The molecule has 0 aliphatic carbocycles. The molecule has 8 aliphatic heterocycles. The van der Waals surface area contributed by atoms with E-state index in [9.17, 15) is 95.9 Å². The van der Waals surface area contributed by atoms with Crippen molar-refractivity contribution in [1.82, 2.24) is 60.5 Å². The third kappa shape index (κ3) is 64.7. The fraction of sp³-hybridized carbons (Fsp3) is 0.596. The molecule has 0 aromatic rings. The fourth-order valence-corrected chi connectivity index (χ4v) is 11.1. The SMILES string of the molecule is C.C.C.C.C.C.C.C.C.C=C(C)C(=O)NCCN1CCCC1=O.C=C(C)C(=O)OCCN1CCCC1=O.C=CC(=O)NCCN1CCCC1=O.C=CC(=O)OCCN1CCCC1=O.COC(=O)C=CC(=O)NCCN1CCCC1=O.COC(=O)C=CC(=O)OCCN1CCCC1=O.O=C(O)C=CC(=O)NCCN1CCCC1=O.O=C(O)C=CC(=O)OCCN1CCCC1=O. The number of carbonyl (C=O) groups is 20. The number of methoxy groups -OCH3 is 2. The van der Waals surface area contributed by atoms with Crippen LogP contribution in [0.1, 0.15) is 183 Å². The topological polar surface area (TPSA) is 511 Å². The number of hydrogen-bond donors (Lipinski definition) is 6. The predicted molar refractivity (Wildman–Crippen MR) is 489 cm³/mol. The molecule has 8 heterocycles. The van der Waals surface area contributed by atoms with Crippen molar-refractivity contribution in [3.05, 3.63) is 98.2 Å². The smallest absolute Gasteiger partial charge is 0.333 e. The second-order valence-corrected chi connectivity index (χ2v) is 26.7. The van der Waals surface area contributed by atoms with Crippen LogP contribution in [-0.2, 0) is 124 Å². The average molecular weight is 1840 g/mol. The van der Waals surface area contributed by atoms with Crippen LogP contribution >= 0.6 is 0 Å². The molecule has 8 saturated heterocycles. The van der Waals surface area contributed by atoms with Gasteiger partial charge in [-0.15, -0.1) is 0 Å². The third-order valence-corrected chi connectivity index (χ3v) is 17.4. The first kappa shape index (κ1) is 134. The molecule has 0 spiro atoms. The van der Waals surface area contributed by atoms with E-state index in [1.165, 1.54) is 20.3 Å². The number of rotatable bonds is 36. The second-order valence-electron chi connectivity index (χ2n) is 26.7. The molecule has 0 bridgehead atoms. The molecule has 8 fully saturated rings. The highest BCUT2D eigenvalue weighted by Crippen LogP contribution is 2.14. The maximum absolute atomic E-state index is 11.2. The predicted octanol–water partition coefficient (Wildman–Crippen LogP) is 5.50. The van der Waals surface area contributed by atoms with E-state index >= 15 is 0 Å². The Morgan fingerprint density at radius 2 is 0.527 bits per heavy atom. The molecular formula is C89H152N12O28. The summed E-state index contributed by atoms with van der Waals surface area (Å²) in [6.07, 6.45) is 21.7. The number of carboxylic acid groups (broad SMARTS) is 2. The van der Waals surface area contributed by atoms with Gasteiger partial charge in [0, 0.05) is 222 Å². The highest BCUT2D eigenvalue weighted by Gasteiger charge is 2.26. The monoisotopic (exact) mass is 1840 g/mol. The number of aliphatic carboxylic acids is 2. The minimum absolute atomic E-state index is 0. The van der Waals surface area contributed by atoms with Crippen LogP contribution in [-0.4, -0.2) is 340 Å². The van der Waals surface area contributed by atoms with Gasteiger partial charge in [-0.3, -0.25) is 57.5 Å². The Kier molecular flexibility index (Phi) is 83.2. The van der Waals surface area contributed by atoms with Crippen LogP contribution in [0.15, 0.2) is 98.2 Å². The lowest BCUT2D eigenvalue weighted by Crippen LogP contribution is -2.35. The Bertz CT molecular complexity index is 3460. The van der Waals surface area contributed by atoms with Gasteiger partial charge in [-0.2, -0.15) is 0 Å². The van der Waals surface area contributed by atoms with Crippen LogP contribution in [0.5, 0.6) is 0 Å². The Labute approximate surface area is 763 Å². The highest BCUT2D eigenvalue weighted by molar-refractivity contribution is 5.96. The normalized spacial score (nSPS) is 14.6. The van der Waals surface area contributed by atoms with Gasteiger partial charge in [-0.05, 0) is 71.3 Å². The summed E-state index contributed by atoms with van der Waals surface area (Å²) in [4.78, 5) is 232. The second kappa shape index (κ2) is 79.9. The first-order chi connectivity index (χ1) is 57.1. The fourth-order valence-electron chi connectivity index (χ4n) is 11.1. The maximum atomic E-state index is 11.2. The molecular weight excluding hydrogens is 1690 g/mol. The van der Waals surface area contributed by atoms with Crippen molar-refractivity contribution in [2.75, 3.05) is 172 Å². The summed E-state index contributed by atoms with van der Waals surface area (Å²) in [6, 6.07) is 0. The molecule has 0 aromatic carbocycles. The molecule has 0 saturated carbocycles. The number of likely N-dealkylation sites (tertiary alicyclic amines) is 8. The van der Waals surface area contributed by atoms with Gasteiger partial charge in [-0.25, -0.2) is 38.4 Å². The van der Waals surface area contributed by atoms with Crippen LogP contribution in [0, 0.1) is 0 Å². The Balaban J connectivity index is -0.000000181. The van der Waals surface area contributed by atoms with Gasteiger partial charge in [-0.1, -0.05) is 93.2 Å². The van der Waals surface area contributed by atoms with Crippen molar-refractivity contribution in [2.24, 2.45) is 0 Å². The zero-order valence-corrected chi connectivity index (χ0v) is 69.0. The van der Waals surface area contributed by atoms with Gasteiger partial charge < -0.3 is 99.1 Å². The molecule has 0 aromatic heterocycles. The molecule has 40 nitrogen and oxygen atoms in total. The van der Waals surface area contributed by atoms with Gasteiger partial charge in [0.15, 0.2) is 0 Å². The van der Waals surface area contributed by atoms with Gasteiger partial charge >= 0.3 is 47.8 Å². The largest absolute Gasteiger partial charge is 0.478 e. The van der Waals surface area contributed by atoms with Gasteiger partial charge in [0.2, 0.25) is 70.9 Å². The number of esters is 6. The van der Waals surface area contributed by atoms with Crippen LogP contribution in [0.3, 0.4) is 0 Å². The van der Waals surface area contributed by atoms with E-state index in [0.717, 1.165) is 139 Å². The first-order valence-corrected chi connectivity index (χ1v) is 39.1. The lowest BCUT2D eigenvalue weighted by atomic mass is 10.3.